The molecule has 1 unspecified atom stereocenters. The number of nitrogens with one attached hydrogen (secondary N) is 1. The van der Waals surface area contributed by atoms with Crippen molar-refractivity contribution in [3.63, 3.8) is 0 Å². The maximum absolute atomic E-state index is 10.2. The van der Waals surface area contributed by atoms with Crippen molar-refractivity contribution in [3.8, 4) is 11.5 Å². The summed E-state index contributed by atoms with van der Waals surface area (Å²) in [6.07, 6.45) is 1.31. The number of hydrogen-bond donors (Lipinski definition) is 2. The van der Waals surface area contributed by atoms with E-state index in [2.05, 4.69) is 50.4 Å². The molecule has 0 saturated carbocycles. The smallest absolute Gasteiger partial charge is 0.119 e. The van der Waals surface area contributed by atoms with E-state index in [1.807, 2.05) is 24.3 Å². The first-order valence-corrected chi connectivity index (χ1v) is 9.19. The van der Waals surface area contributed by atoms with Gasteiger partial charge in [0.25, 0.3) is 0 Å². The molecule has 0 fully saturated rings. The number of β-amino-alcohol motifs (C(OH)–C–C–N with tert-alkyl or cyclic N) is 1. The molecule has 1 atom stereocenters. The van der Waals surface area contributed by atoms with Crippen LogP contribution in [0.4, 0.5) is 0 Å². The fourth-order valence-electron chi connectivity index (χ4n) is 2.78. The van der Waals surface area contributed by atoms with Crippen LogP contribution in [0.3, 0.4) is 0 Å². The van der Waals surface area contributed by atoms with Crippen LogP contribution >= 0.6 is 0 Å². The minimum atomic E-state index is -0.559. The first-order valence-electron chi connectivity index (χ1n) is 9.19. The standard InChI is InChI=1S/C22H31NO3/c1-5-17-6-12-21(13-7-17)26-16-19(24)15-23-22(2,3)14-18-8-10-20(25-4)11-9-18/h6-13,19,23-24H,5,14-16H2,1-4H3. The first-order chi connectivity index (χ1) is 12.4. The number of benzene rings is 2. The predicted molar refractivity (Wildman–Crippen MR) is 106 cm³/mol. The minimum Gasteiger partial charge on any atom is -0.497 e. The SMILES string of the molecule is CCc1ccc(OCC(O)CNC(C)(C)Cc2ccc(OC)cc2)cc1. The third-order valence-electron chi connectivity index (χ3n) is 4.40. The van der Waals surface area contributed by atoms with Gasteiger partial charge < -0.3 is 19.9 Å². The van der Waals surface area contributed by atoms with Gasteiger partial charge in [-0.05, 0) is 62.1 Å². The molecule has 2 aromatic carbocycles. The van der Waals surface area contributed by atoms with Crippen LogP contribution in [0.15, 0.2) is 48.5 Å². The van der Waals surface area contributed by atoms with Gasteiger partial charge in [-0.1, -0.05) is 31.2 Å². The zero-order chi connectivity index (χ0) is 19.0. The molecule has 0 aliphatic carbocycles. The van der Waals surface area contributed by atoms with Crippen molar-refractivity contribution in [2.45, 2.75) is 45.3 Å². The number of hydrogen-bond acceptors (Lipinski definition) is 4. The maximum Gasteiger partial charge on any atom is 0.119 e. The van der Waals surface area contributed by atoms with Crippen LogP contribution in [0.5, 0.6) is 11.5 Å². The molecule has 2 aromatic rings. The Morgan fingerprint density at radius 1 is 0.962 bits per heavy atom. The van der Waals surface area contributed by atoms with E-state index in [1.165, 1.54) is 11.1 Å². The van der Waals surface area contributed by atoms with Crippen molar-refractivity contribution in [2.24, 2.45) is 0 Å². The van der Waals surface area contributed by atoms with Gasteiger partial charge in [-0.3, -0.25) is 0 Å². The van der Waals surface area contributed by atoms with Crippen LogP contribution in [-0.4, -0.2) is 37.0 Å². The Hall–Kier alpha value is -2.04. The van der Waals surface area contributed by atoms with Crippen LogP contribution in [0, 0.1) is 0 Å². The van der Waals surface area contributed by atoms with Gasteiger partial charge in [0.1, 0.15) is 24.2 Å². The van der Waals surface area contributed by atoms with Gasteiger partial charge in [0.15, 0.2) is 0 Å². The number of aliphatic hydroxyl groups excluding tert-OH is 1. The van der Waals surface area contributed by atoms with Gasteiger partial charge in [-0.25, -0.2) is 0 Å². The molecule has 26 heavy (non-hydrogen) atoms. The monoisotopic (exact) mass is 357 g/mol. The Morgan fingerprint density at radius 2 is 1.54 bits per heavy atom. The van der Waals surface area contributed by atoms with Gasteiger partial charge in [0.2, 0.25) is 0 Å². The molecule has 0 aromatic heterocycles. The van der Waals surface area contributed by atoms with E-state index in [0.717, 1.165) is 24.3 Å². The molecule has 0 heterocycles. The second kappa shape index (κ2) is 9.60. The topological polar surface area (TPSA) is 50.7 Å². The average Bonchev–Trinajstić information content (AvgIpc) is 2.65. The molecule has 0 aliphatic rings. The lowest BCUT2D eigenvalue weighted by Crippen LogP contribution is -2.46. The zero-order valence-corrected chi connectivity index (χ0v) is 16.3. The quantitative estimate of drug-likeness (QED) is 0.682. The molecular formula is C22H31NO3. The second-order valence-corrected chi connectivity index (χ2v) is 7.25. The molecule has 0 amide bonds. The molecule has 0 spiro atoms. The van der Waals surface area contributed by atoms with Crippen molar-refractivity contribution >= 4 is 0 Å². The van der Waals surface area contributed by atoms with Crippen molar-refractivity contribution in [2.75, 3.05) is 20.3 Å². The van der Waals surface area contributed by atoms with Crippen molar-refractivity contribution in [1.29, 1.82) is 0 Å². The largest absolute Gasteiger partial charge is 0.497 e. The molecule has 0 bridgehead atoms. The Labute approximate surface area is 157 Å². The fraction of sp³-hybridized carbons (Fsp3) is 0.455. The van der Waals surface area contributed by atoms with E-state index in [0.29, 0.717) is 6.54 Å². The zero-order valence-electron chi connectivity index (χ0n) is 16.3. The van der Waals surface area contributed by atoms with Crippen LogP contribution in [0.1, 0.15) is 31.9 Å². The molecule has 142 valence electrons. The number of ether oxygens (including phenoxy) is 2. The van der Waals surface area contributed by atoms with Gasteiger partial charge >= 0.3 is 0 Å². The first kappa shape index (κ1) is 20.3. The highest BCUT2D eigenvalue weighted by molar-refractivity contribution is 5.28. The Bertz CT molecular complexity index is 650. The van der Waals surface area contributed by atoms with Gasteiger partial charge in [-0.15, -0.1) is 0 Å². The number of aryl methyl sites for hydroxylation is 1. The fourth-order valence-corrected chi connectivity index (χ4v) is 2.78. The number of rotatable bonds is 10. The summed E-state index contributed by atoms with van der Waals surface area (Å²) in [5, 5.41) is 13.6. The van der Waals surface area contributed by atoms with Crippen LogP contribution in [-0.2, 0) is 12.8 Å². The second-order valence-electron chi connectivity index (χ2n) is 7.25. The summed E-state index contributed by atoms with van der Waals surface area (Å²) in [7, 11) is 1.67. The normalized spacial score (nSPS) is 12.7. The minimum absolute atomic E-state index is 0.127. The summed E-state index contributed by atoms with van der Waals surface area (Å²) < 4.78 is 10.9. The van der Waals surface area contributed by atoms with Gasteiger partial charge in [0, 0.05) is 12.1 Å². The highest BCUT2D eigenvalue weighted by Gasteiger charge is 2.19. The number of aliphatic hydroxyl groups is 1. The Balaban J connectivity index is 1.75. The lowest BCUT2D eigenvalue weighted by molar-refractivity contribution is 0.0988. The summed E-state index contributed by atoms with van der Waals surface area (Å²) in [6, 6.07) is 16.1. The van der Waals surface area contributed by atoms with Gasteiger partial charge in [0.05, 0.1) is 7.11 Å². The van der Waals surface area contributed by atoms with Crippen LogP contribution in [0.2, 0.25) is 0 Å². The summed E-state index contributed by atoms with van der Waals surface area (Å²) in [6.45, 7) is 7.15. The van der Waals surface area contributed by atoms with Crippen molar-refractivity contribution in [3.05, 3.63) is 59.7 Å². The van der Waals surface area contributed by atoms with Gasteiger partial charge in [-0.2, -0.15) is 0 Å². The summed E-state index contributed by atoms with van der Waals surface area (Å²) in [5.41, 5.74) is 2.38. The van der Waals surface area contributed by atoms with E-state index in [-0.39, 0.29) is 12.1 Å². The van der Waals surface area contributed by atoms with E-state index in [9.17, 15) is 5.11 Å². The molecule has 0 aliphatic heterocycles. The third-order valence-corrected chi connectivity index (χ3v) is 4.40. The number of methoxy groups -OCH3 is 1. The molecule has 4 nitrogen and oxygen atoms in total. The molecule has 2 rings (SSSR count). The van der Waals surface area contributed by atoms with Crippen LogP contribution < -0.4 is 14.8 Å². The summed E-state index contributed by atoms with van der Waals surface area (Å²) in [4.78, 5) is 0. The van der Waals surface area contributed by atoms with Crippen molar-refractivity contribution < 1.29 is 14.6 Å². The van der Waals surface area contributed by atoms with E-state index >= 15 is 0 Å². The molecule has 0 saturated heterocycles. The van der Waals surface area contributed by atoms with E-state index in [4.69, 9.17) is 9.47 Å². The summed E-state index contributed by atoms with van der Waals surface area (Å²) >= 11 is 0. The molecule has 0 radical (unpaired) electrons. The molecule has 2 N–H and O–H groups in total. The lowest BCUT2D eigenvalue weighted by atomic mass is 9.94. The third kappa shape index (κ3) is 6.70. The predicted octanol–water partition coefficient (Wildman–Crippen LogP) is 3.61. The molecular weight excluding hydrogens is 326 g/mol. The molecule has 4 heteroatoms. The highest BCUT2D eigenvalue weighted by atomic mass is 16.5. The summed E-state index contributed by atoms with van der Waals surface area (Å²) in [5.74, 6) is 1.65. The average molecular weight is 357 g/mol. The Morgan fingerprint density at radius 3 is 2.12 bits per heavy atom. The van der Waals surface area contributed by atoms with E-state index in [1.54, 1.807) is 7.11 Å². The highest BCUT2D eigenvalue weighted by Crippen LogP contribution is 2.17. The van der Waals surface area contributed by atoms with Crippen LogP contribution in [0.25, 0.3) is 0 Å². The Kier molecular flexibility index (Phi) is 7.49. The van der Waals surface area contributed by atoms with E-state index < -0.39 is 6.10 Å². The maximum atomic E-state index is 10.2. The van der Waals surface area contributed by atoms with Crippen molar-refractivity contribution in [1.82, 2.24) is 5.32 Å². The lowest BCUT2D eigenvalue weighted by Gasteiger charge is -2.28.